The molecule has 20 heavy (non-hydrogen) atoms. The lowest BCUT2D eigenvalue weighted by Crippen LogP contribution is -2.28. The normalized spacial score (nSPS) is 20.9. The first-order chi connectivity index (χ1) is 9.39. The van der Waals surface area contributed by atoms with Crippen LogP contribution in [0, 0.1) is 11.3 Å². The molecule has 0 bridgehead atoms. The summed E-state index contributed by atoms with van der Waals surface area (Å²) in [6.07, 6.45) is 0. The predicted octanol–water partition coefficient (Wildman–Crippen LogP) is 1.92. The van der Waals surface area contributed by atoms with E-state index in [4.69, 9.17) is 14.7 Å². The zero-order chi connectivity index (χ0) is 14.8. The molecule has 0 aromatic heterocycles. The van der Waals surface area contributed by atoms with Gasteiger partial charge in [0.25, 0.3) is 0 Å². The molecule has 1 aliphatic heterocycles. The summed E-state index contributed by atoms with van der Waals surface area (Å²) in [6.45, 7) is 6.56. The minimum absolute atomic E-state index is 0.201. The first-order valence-electron chi connectivity index (χ1n) is 6.49. The average molecular weight is 274 g/mol. The molecule has 0 N–H and O–H groups in total. The van der Waals surface area contributed by atoms with E-state index in [1.54, 1.807) is 24.3 Å². The van der Waals surface area contributed by atoms with Crippen molar-refractivity contribution in [1.29, 1.82) is 5.26 Å². The molecule has 0 aliphatic carbocycles. The highest BCUT2D eigenvalue weighted by molar-refractivity contribution is 5.79. The molecule has 106 valence electrons. The monoisotopic (exact) mass is 274 g/mol. The fourth-order valence-electron chi connectivity index (χ4n) is 1.69. The first kappa shape index (κ1) is 14.4. The summed E-state index contributed by atoms with van der Waals surface area (Å²) >= 11 is 0. The third-order valence-corrected chi connectivity index (χ3v) is 2.77. The third-order valence-electron chi connectivity index (χ3n) is 2.77. The van der Waals surface area contributed by atoms with Gasteiger partial charge in [0.15, 0.2) is 0 Å². The van der Waals surface area contributed by atoms with E-state index in [2.05, 4.69) is 0 Å². The van der Waals surface area contributed by atoms with Gasteiger partial charge in [-0.3, -0.25) is 9.69 Å². The summed E-state index contributed by atoms with van der Waals surface area (Å²) in [7, 11) is 0. The molecule has 1 aliphatic rings. The van der Waals surface area contributed by atoms with E-state index in [1.807, 2.05) is 31.7 Å². The van der Waals surface area contributed by atoms with Crippen molar-refractivity contribution in [3.05, 3.63) is 29.8 Å². The molecule has 1 aromatic rings. The molecular formula is C15H18N2O3. The van der Waals surface area contributed by atoms with Crippen molar-refractivity contribution in [2.45, 2.75) is 32.4 Å². The fraction of sp³-hybridized carbons (Fsp3) is 0.467. The quantitative estimate of drug-likeness (QED) is 0.620. The van der Waals surface area contributed by atoms with E-state index < -0.39 is 5.60 Å². The maximum atomic E-state index is 11.8. The molecule has 0 amide bonds. The van der Waals surface area contributed by atoms with Crippen molar-refractivity contribution in [2.75, 3.05) is 13.3 Å². The lowest BCUT2D eigenvalue weighted by molar-refractivity contribution is -0.155. The molecular weight excluding hydrogens is 256 g/mol. The summed E-state index contributed by atoms with van der Waals surface area (Å²) in [4.78, 5) is 13.7. The summed E-state index contributed by atoms with van der Waals surface area (Å²) in [5.41, 5.74) is 0.134. The van der Waals surface area contributed by atoms with Gasteiger partial charge >= 0.3 is 5.97 Å². The molecule has 5 nitrogen and oxygen atoms in total. The van der Waals surface area contributed by atoms with Crippen LogP contribution in [0.1, 0.15) is 26.3 Å². The number of hydrogen-bond acceptors (Lipinski definition) is 5. The number of hydrogen-bond donors (Lipinski definition) is 0. The van der Waals surface area contributed by atoms with Crippen LogP contribution in [0.2, 0.25) is 0 Å². The van der Waals surface area contributed by atoms with E-state index in [1.165, 1.54) is 0 Å². The number of nitriles is 1. The van der Waals surface area contributed by atoms with Crippen molar-refractivity contribution in [3.63, 3.8) is 0 Å². The van der Waals surface area contributed by atoms with E-state index in [9.17, 15) is 4.79 Å². The van der Waals surface area contributed by atoms with Crippen LogP contribution < -0.4 is 4.74 Å². The number of esters is 1. The van der Waals surface area contributed by atoms with Crippen LogP contribution in [0.4, 0.5) is 0 Å². The number of carbonyl (C=O) groups is 1. The molecule has 1 fully saturated rings. The van der Waals surface area contributed by atoms with Crippen LogP contribution in [0.5, 0.6) is 5.75 Å². The second-order valence-corrected chi connectivity index (χ2v) is 5.73. The Hall–Kier alpha value is -2.06. The number of nitrogens with zero attached hydrogens (tertiary/aromatic N) is 2. The van der Waals surface area contributed by atoms with Gasteiger partial charge in [0.1, 0.15) is 24.1 Å². The standard InChI is InChI=1S/C15H18N2O3/c1-15(2,3)20-14(18)13-9-17(13)10-19-12-6-4-11(8-16)5-7-12/h4-7,13H,9-10H2,1-3H3. The summed E-state index contributed by atoms with van der Waals surface area (Å²) in [6, 6.07) is 8.72. The Kier molecular flexibility index (Phi) is 3.96. The van der Waals surface area contributed by atoms with Crippen molar-refractivity contribution >= 4 is 5.97 Å². The number of rotatable bonds is 4. The van der Waals surface area contributed by atoms with E-state index in [0.29, 0.717) is 24.6 Å². The highest BCUT2D eigenvalue weighted by Crippen LogP contribution is 2.22. The Morgan fingerprint density at radius 2 is 2.05 bits per heavy atom. The van der Waals surface area contributed by atoms with Crippen molar-refractivity contribution in [3.8, 4) is 11.8 Å². The zero-order valence-corrected chi connectivity index (χ0v) is 11.9. The molecule has 0 saturated carbocycles. The molecule has 0 spiro atoms. The van der Waals surface area contributed by atoms with Crippen molar-refractivity contribution in [2.24, 2.45) is 0 Å². The Balaban J connectivity index is 1.77. The summed E-state index contributed by atoms with van der Waals surface area (Å²) in [5.74, 6) is 0.472. The number of carbonyl (C=O) groups excluding carboxylic acids is 1. The van der Waals surface area contributed by atoms with Crippen LogP contribution >= 0.6 is 0 Å². The van der Waals surface area contributed by atoms with Gasteiger partial charge in [-0.25, -0.2) is 0 Å². The maximum Gasteiger partial charge on any atom is 0.325 e. The van der Waals surface area contributed by atoms with E-state index in [0.717, 1.165) is 0 Å². The second kappa shape index (κ2) is 5.51. The zero-order valence-electron chi connectivity index (χ0n) is 11.9. The minimum atomic E-state index is -0.459. The highest BCUT2D eigenvalue weighted by Gasteiger charge is 2.43. The lowest BCUT2D eigenvalue weighted by Gasteiger charge is -2.19. The predicted molar refractivity (Wildman–Crippen MR) is 73.0 cm³/mol. The molecule has 1 heterocycles. The largest absolute Gasteiger partial charge is 0.478 e. The van der Waals surface area contributed by atoms with Gasteiger partial charge in [-0.2, -0.15) is 5.26 Å². The van der Waals surface area contributed by atoms with Gasteiger partial charge in [-0.1, -0.05) is 0 Å². The van der Waals surface area contributed by atoms with Gasteiger partial charge in [0.2, 0.25) is 0 Å². The molecule has 2 atom stereocenters. The molecule has 2 rings (SSSR count). The molecule has 1 saturated heterocycles. The average Bonchev–Trinajstić information content (AvgIpc) is 3.14. The van der Waals surface area contributed by atoms with E-state index in [-0.39, 0.29) is 12.0 Å². The van der Waals surface area contributed by atoms with Gasteiger partial charge < -0.3 is 9.47 Å². The molecule has 1 aromatic carbocycles. The topological polar surface area (TPSA) is 62.3 Å². The Morgan fingerprint density at radius 1 is 1.40 bits per heavy atom. The van der Waals surface area contributed by atoms with Crippen LogP contribution in [0.15, 0.2) is 24.3 Å². The molecule has 5 heteroatoms. The van der Waals surface area contributed by atoms with Gasteiger partial charge in [-0.15, -0.1) is 0 Å². The fourth-order valence-corrected chi connectivity index (χ4v) is 1.69. The maximum absolute atomic E-state index is 11.8. The summed E-state index contributed by atoms with van der Waals surface area (Å²) < 4.78 is 10.9. The number of benzene rings is 1. The Morgan fingerprint density at radius 3 is 2.60 bits per heavy atom. The van der Waals surface area contributed by atoms with Crippen LogP contribution in [-0.4, -0.2) is 35.8 Å². The highest BCUT2D eigenvalue weighted by atomic mass is 16.6. The molecule has 2 unspecified atom stereocenters. The second-order valence-electron chi connectivity index (χ2n) is 5.73. The first-order valence-corrected chi connectivity index (χ1v) is 6.49. The van der Waals surface area contributed by atoms with Crippen molar-refractivity contribution in [1.82, 2.24) is 4.90 Å². The van der Waals surface area contributed by atoms with Crippen molar-refractivity contribution < 1.29 is 14.3 Å². The SMILES string of the molecule is CC(C)(C)OC(=O)C1CN1COc1ccc(C#N)cc1. The summed E-state index contributed by atoms with van der Waals surface area (Å²) in [5, 5.41) is 8.69. The van der Waals surface area contributed by atoms with Crippen LogP contribution in [0.3, 0.4) is 0 Å². The van der Waals surface area contributed by atoms with Crippen LogP contribution in [0.25, 0.3) is 0 Å². The van der Waals surface area contributed by atoms with Gasteiger partial charge in [-0.05, 0) is 45.0 Å². The Labute approximate surface area is 118 Å². The van der Waals surface area contributed by atoms with Gasteiger partial charge in [0.05, 0.1) is 11.6 Å². The van der Waals surface area contributed by atoms with E-state index >= 15 is 0 Å². The molecule has 0 radical (unpaired) electrons. The third kappa shape index (κ3) is 3.97. The Bertz CT molecular complexity index is 526. The van der Waals surface area contributed by atoms with Gasteiger partial charge in [0, 0.05) is 6.54 Å². The number of ether oxygens (including phenoxy) is 2. The lowest BCUT2D eigenvalue weighted by atomic mass is 10.2. The minimum Gasteiger partial charge on any atom is -0.478 e. The smallest absolute Gasteiger partial charge is 0.325 e. The van der Waals surface area contributed by atoms with Crippen LogP contribution in [-0.2, 0) is 9.53 Å².